The molecule has 1 amide bonds. The largest absolute Gasteiger partial charge is 0.496 e. The van der Waals surface area contributed by atoms with Gasteiger partial charge in [0, 0.05) is 49.1 Å². The van der Waals surface area contributed by atoms with E-state index in [0.717, 1.165) is 53.6 Å². The van der Waals surface area contributed by atoms with Crippen molar-refractivity contribution in [1.29, 1.82) is 0 Å². The van der Waals surface area contributed by atoms with Gasteiger partial charge < -0.3 is 30.3 Å². The normalized spacial score (nSPS) is 14.2. The van der Waals surface area contributed by atoms with Gasteiger partial charge in [-0.25, -0.2) is 9.97 Å². The molecule has 9 nitrogen and oxygen atoms in total. The number of carbonyl (C=O) groups is 1. The molecule has 198 valence electrons. The first-order chi connectivity index (χ1) is 18.3. The highest BCUT2D eigenvalue weighted by atomic mass is 32.1. The van der Waals surface area contributed by atoms with Gasteiger partial charge in [-0.05, 0) is 39.1 Å². The minimum absolute atomic E-state index is 0.00571. The van der Waals surface area contributed by atoms with Gasteiger partial charge in [-0.3, -0.25) is 4.79 Å². The van der Waals surface area contributed by atoms with Gasteiger partial charge in [0.05, 0.1) is 35.3 Å². The summed E-state index contributed by atoms with van der Waals surface area (Å²) in [6.07, 6.45) is 1.70. The standard InChI is InChI=1S/C28H32N6O3S/c1-17(2)37-22-15-18(34-13-11-33(3)12-14-34)9-10-20(22)31-28-30-16-23-25(32-28)24(26(38-23)27(29)35)19-7-5-6-8-21(19)36-4/h5-10,15-17H,11-14H2,1-4H3,(H2,29,35)(H,30,31,32). The Morgan fingerprint density at radius 3 is 2.58 bits per heavy atom. The van der Waals surface area contributed by atoms with Crippen LogP contribution >= 0.6 is 11.3 Å². The zero-order valence-electron chi connectivity index (χ0n) is 22.0. The number of carbonyl (C=O) groups excluding carboxylic acids is 1. The average Bonchev–Trinajstić information content (AvgIpc) is 3.29. The molecule has 5 rings (SSSR count). The number of nitrogens with two attached hydrogens (primary N) is 1. The molecule has 4 aromatic rings. The second-order valence-corrected chi connectivity index (χ2v) is 10.6. The van der Waals surface area contributed by atoms with E-state index < -0.39 is 5.91 Å². The van der Waals surface area contributed by atoms with Crippen LogP contribution in [0.2, 0.25) is 0 Å². The summed E-state index contributed by atoms with van der Waals surface area (Å²) < 4.78 is 12.5. The highest BCUT2D eigenvalue weighted by Gasteiger charge is 2.23. The smallest absolute Gasteiger partial charge is 0.259 e. The average molecular weight is 533 g/mol. The van der Waals surface area contributed by atoms with Gasteiger partial charge in [0.1, 0.15) is 16.4 Å². The van der Waals surface area contributed by atoms with E-state index in [-0.39, 0.29) is 6.10 Å². The molecule has 10 heteroatoms. The van der Waals surface area contributed by atoms with Crippen LogP contribution < -0.4 is 25.4 Å². The molecule has 0 radical (unpaired) electrons. The van der Waals surface area contributed by atoms with Crippen molar-refractivity contribution < 1.29 is 14.3 Å². The van der Waals surface area contributed by atoms with Gasteiger partial charge in [0.2, 0.25) is 5.95 Å². The predicted octanol–water partition coefficient (Wildman–Crippen LogP) is 4.75. The van der Waals surface area contributed by atoms with Crippen LogP contribution in [0.3, 0.4) is 0 Å². The van der Waals surface area contributed by atoms with Crippen LogP contribution in [-0.4, -0.2) is 67.2 Å². The third kappa shape index (κ3) is 5.23. The number of benzene rings is 2. The Labute approximate surface area is 226 Å². The van der Waals surface area contributed by atoms with E-state index in [1.54, 1.807) is 13.3 Å². The number of hydrogen-bond donors (Lipinski definition) is 2. The third-order valence-corrected chi connectivity index (χ3v) is 7.60. The van der Waals surface area contributed by atoms with Gasteiger partial charge in [-0.2, -0.15) is 0 Å². The van der Waals surface area contributed by atoms with E-state index in [1.807, 2.05) is 44.2 Å². The molecule has 3 heterocycles. The molecular formula is C28H32N6O3S. The van der Waals surface area contributed by atoms with Gasteiger partial charge in [-0.15, -0.1) is 11.3 Å². The number of aromatic nitrogens is 2. The van der Waals surface area contributed by atoms with Crippen LogP contribution in [0.4, 0.5) is 17.3 Å². The number of anilines is 3. The van der Waals surface area contributed by atoms with E-state index >= 15 is 0 Å². The molecule has 1 aliphatic rings. The maximum absolute atomic E-state index is 12.4. The molecule has 0 aliphatic carbocycles. The molecule has 0 unspecified atom stereocenters. The number of ether oxygens (including phenoxy) is 2. The first kappa shape index (κ1) is 25.7. The zero-order valence-corrected chi connectivity index (χ0v) is 22.8. The highest BCUT2D eigenvalue weighted by molar-refractivity contribution is 7.21. The summed E-state index contributed by atoms with van der Waals surface area (Å²) >= 11 is 1.27. The summed E-state index contributed by atoms with van der Waals surface area (Å²) in [5.74, 6) is 1.24. The number of hydrogen-bond acceptors (Lipinski definition) is 9. The van der Waals surface area contributed by atoms with Gasteiger partial charge in [0.15, 0.2) is 0 Å². The number of nitrogens with one attached hydrogen (secondary N) is 1. The van der Waals surface area contributed by atoms with Crippen LogP contribution in [0, 0.1) is 0 Å². The SMILES string of the molecule is COc1ccccc1-c1c(C(N)=O)sc2cnc(Nc3ccc(N4CCN(C)CC4)cc3OC(C)C)nc12. The molecular weight excluding hydrogens is 500 g/mol. The van der Waals surface area contributed by atoms with Gasteiger partial charge in [0.25, 0.3) is 5.91 Å². The van der Waals surface area contributed by atoms with Crippen LogP contribution in [0.25, 0.3) is 21.3 Å². The highest BCUT2D eigenvalue weighted by Crippen LogP contribution is 2.42. The number of methoxy groups -OCH3 is 1. The topological polar surface area (TPSA) is 106 Å². The second kappa shape index (κ2) is 10.8. The first-order valence-corrected chi connectivity index (χ1v) is 13.4. The summed E-state index contributed by atoms with van der Waals surface area (Å²) in [6.45, 7) is 8.00. The number of likely N-dealkylation sites (N-methyl/N-ethyl adjacent to an activating group) is 1. The molecule has 2 aromatic carbocycles. The Bertz CT molecular complexity index is 1460. The van der Waals surface area contributed by atoms with Crippen LogP contribution in [0.1, 0.15) is 23.5 Å². The molecule has 1 fully saturated rings. The summed E-state index contributed by atoms with van der Waals surface area (Å²) in [7, 11) is 3.75. The van der Waals surface area contributed by atoms with Crippen LogP contribution in [-0.2, 0) is 0 Å². The lowest BCUT2D eigenvalue weighted by Crippen LogP contribution is -2.44. The Kier molecular flexibility index (Phi) is 7.35. The molecule has 0 spiro atoms. The van der Waals surface area contributed by atoms with Gasteiger partial charge in [-0.1, -0.05) is 18.2 Å². The lowest BCUT2D eigenvalue weighted by atomic mass is 10.0. The third-order valence-electron chi connectivity index (χ3n) is 6.47. The Hall–Kier alpha value is -3.89. The van der Waals surface area contributed by atoms with E-state index in [4.69, 9.17) is 20.2 Å². The lowest BCUT2D eigenvalue weighted by molar-refractivity contribution is 0.100. The monoisotopic (exact) mass is 532 g/mol. The molecule has 2 aromatic heterocycles. The van der Waals surface area contributed by atoms with Crippen molar-refractivity contribution >= 4 is 44.8 Å². The lowest BCUT2D eigenvalue weighted by Gasteiger charge is -2.34. The Balaban J connectivity index is 1.54. The number of primary amides is 1. The maximum Gasteiger partial charge on any atom is 0.259 e. The molecule has 0 atom stereocenters. The Morgan fingerprint density at radius 2 is 1.87 bits per heavy atom. The zero-order chi connectivity index (χ0) is 26.8. The van der Waals surface area contributed by atoms with Crippen molar-refractivity contribution in [3.05, 3.63) is 53.5 Å². The number of para-hydroxylation sites is 1. The molecule has 1 saturated heterocycles. The fourth-order valence-electron chi connectivity index (χ4n) is 4.58. The minimum atomic E-state index is -0.518. The van der Waals surface area contributed by atoms with Crippen molar-refractivity contribution in [2.24, 2.45) is 5.73 Å². The summed E-state index contributed by atoms with van der Waals surface area (Å²) in [6, 6.07) is 13.7. The van der Waals surface area contributed by atoms with Crippen molar-refractivity contribution in [1.82, 2.24) is 14.9 Å². The molecule has 0 saturated carbocycles. The van der Waals surface area contributed by atoms with Crippen molar-refractivity contribution in [2.75, 3.05) is 50.6 Å². The molecule has 38 heavy (non-hydrogen) atoms. The van der Waals surface area contributed by atoms with Crippen LogP contribution in [0.15, 0.2) is 48.7 Å². The van der Waals surface area contributed by atoms with Crippen molar-refractivity contribution in [3.8, 4) is 22.6 Å². The molecule has 3 N–H and O–H groups in total. The van der Waals surface area contributed by atoms with E-state index in [9.17, 15) is 4.79 Å². The van der Waals surface area contributed by atoms with E-state index in [0.29, 0.717) is 27.7 Å². The number of fused-ring (bicyclic) bond motifs is 1. The van der Waals surface area contributed by atoms with Crippen molar-refractivity contribution in [2.45, 2.75) is 20.0 Å². The fourth-order valence-corrected chi connectivity index (χ4v) is 5.55. The predicted molar refractivity (Wildman–Crippen MR) is 153 cm³/mol. The van der Waals surface area contributed by atoms with Crippen molar-refractivity contribution in [3.63, 3.8) is 0 Å². The van der Waals surface area contributed by atoms with Crippen LogP contribution in [0.5, 0.6) is 11.5 Å². The summed E-state index contributed by atoms with van der Waals surface area (Å²) in [5, 5.41) is 3.34. The quantitative estimate of drug-likeness (QED) is 0.335. The molecule has 1 aliphatic heterocycles. The number of nitrogens with zero attached hydrogens (tertiary/aromatic N) is 4. The van der Waals surface area contributed by atoms with Gasteiger partial charge >= 0.3 is 0 Å². The maximum atomic E-state index is 12.4. The number of thiophene rings is 1. The Morgan fingerprint density at radius 1 is 1.11 bits per heavy atom. The fraction of sp³-hybridized carbons (Fsp3) is 0.321. The number of rotatable bonds is 8. The minimum Gasteiger partial charge on any atom is -0.496 e. The van der Waals surface area contributed by atoms with E-state index in [2.05, 4.69) is 39.3 Å². The second-order valence-electron chi connectivity index (χ2n) is 9.54. The molecule has 0 bridgehead atoms. The first-order valence-electron chi connectivity index (χ1n) is 12.6. The summed E-state index contributed by atoms with van der Waals surface area (Å²) in [4.78, 5) is 26.8. The summed E-state index contributed by atoms with van der Waals surface area (Å²) in [5.41, 5.74) is 9.67. The number of amides is 1. The number of piperazine rings is 1. The van der Waals surface area contributed by atoms with E-state index in [1.165, 1.54) is 11.3 Å².